The predicted octanol–water partition coefficient (Wildman–Crippen LogP) is 2.39. The molecule has 1 aromatic heterocycles. The van der Waals surface area contributed by atoms with E-state index in [2.05, 4.69) is 25.6 Å². The smallest absolute Gasteiger partial charge is 0.261 e. The molecule has 0 saturated heterocycles. The Labute approximate surface area is 129 Å². The minimum Gasteiger partial charge on any atom is -0.277 e. The molecule has 1 heterocycles. The lowest BCUT2D eigenvalue weighted by atomic mass is 10.2. The molecular formula is C13H7BrN4O2S. The number of hydrogen-bond donors (Lipinski definition) is 1. The molecule has 2 rings (SSSR count). The zero-order valence-corrected chi connectivity index (χ0v) is 12.8. The number of rotatable bonds is 3. The van der Waals surface area contributed by atoms with E-state index in [1.54, 1.807) is 30.3 Å². The molecule has 21 heavy (non-hydrogen) atoms. The fourth-order valence-corrected chi connectivity index (χ4v) is 3.14. The Hall–Kier alpha value is -2.42. The summed E-state index contributed by atoms with van der Waals surface area (Å²) in [4.78, 5) is 3.93. The molecule has 0 radical (unpaired) electrons. The third-order valence-corrected chi connectivity index (χ3v) is 4.49. The van der Waals surface area contributed by atoms with E-state index in [0.717, 1.165) is 0 Å². The van der Waals surface area contributed by atoms with Crippen LogP contribution in [0.4, 0.5) is 5.69 Å². The van der Waals surface area contributed by atoms with Gasteiger partial charge in [0.05, 0.1) is 16.1 Å². The molecule has 1 N–H and O–H groups in total. The first kappa shape index (κ1) is 15.0. The maximum atomic E-state index is 12.2. The fourth-order valence-electron chi connectivity index (χ4n) is 1.54. The van der Waals surface area contributed by atoms with Crippen LogP contribution in [0.25, 0.3) is 0 Å². The zero-order chi connectivity index (χ0) is 15.5. The summed E-state index contributed by atoms with van der Waals surface area (Å²) in [7, 11) is -3.79. The fraction of sp³-hybridized carbons (Fsp3) is 0. The lowest BCUT2D eigenvalue weighted by Crippen LogP contribution is -2.14. The summed E-state index contributed by atoms with van der Waals surface area (Å²) < 4.78 is 26.9. The minimum absolute atomic E-state index is 0.00791. The quantitative estimate of drug-likeness (QED) is 0.843. The van der Waals surface area contributed by atoms with Gasteiger partial charge in [-0.25, -0.2) is 13.4 Å². The van der Waals surface area contributed by atoms with Crippen LogP contribution in [0.1, 0.15) is 11.3 Å². The third kappa shape index (κ3) is 3.19. The number of hydrogen-bond acceptors (Lipinski definition) is 5. The summed E-state index contributed by atoms with van der Waals surface area (Å²) in [6.07, 6.45) is 0. The molecule has 0 fully saturated rings. The van der Waals surface area contributed by atoms with Gasteiger partial charge in [0.1, 0.15) is 16.7 Å². The molecule has 104 valence electrons. The number of nitrogens with one attached hydrogen (secondary N) is 1. The van der Waals surface area contributed by atoms with Crippen LogP contribution < -0.4 is 4.72 Å². The zero-order valence-electron chi connectivity index (χ0n) is 10.4. The molecule has 0 spiro atoms. The Kier molecular flexibility index (Phi) is 4.22. The highest BCUT2D eigenvalue weighted by Gasteiger charge is 2.17. The first-order chi connectivity index (χ1) is 9.97. The normalized spacial score (nSPS) is 10.4. The molecule has 0 atom stereocenters. The Balaban J connectivity index is 2.46. The molecule has 2 aromatic rings. The average Bonchev–Trinajstić information content (AvgIpc) is 2.49. The van der Waals surface area contributed by atoms with Gasteiger partial charge in [-0.1, -0.05) is 18.2 Å². The van der Waals surface area contributed by atoms with Crippen molar-refractivity contribution in [3.63, 3.8) is 0 Å². The van der Waals surface area contributed by atoms with Crippen molar-refractivity contribution in [2.24, 2.45) is 0 Å². The van der Waals surface area contributed by atoms with E-state index >= 15 is 0 Å². The van der Waals surface area contributed by atoms with Gasteiger partial charge in [0, 0.05) is 0 Å². The molecule has 0 aliphatic rings. The predicted molar refractivity (Wildman–Crippen MR) is 78.6 cm³/mol. The first-order valence-electron chi connectivity index (χ1n) is 5.56. The highest BCUT2D eigenvalue weighted by Crippen LogP contribution is 2.25. The Morgan fingerprint density at radius 2 is 1.81 bits per heavy atom. The van der Waals surface area contributed by atoms with Gasteiger partial charge in [0.2, 0.25) is 0 Å². The van der Waals surface area contributed by atoms with Gasteiger partial charge in [0.15, 0.2) is 5.69 Å². The van der Waals surface area contributed by atoms with Gasteiger partial charge >= 0.3 is 0 Å². The second-order valence-corrected chi connectivity index (χ2v) is 6.30. The lowest BCUT2D eigenvalue weighted by Gasteiger charge is -2.10. The van der Waals surface area contributed by atoms with Crippen LogP contribution in [-0.4, -0.2) is 13.4 Å². The van der Waals surface area contributed by atoms with Crippen molar-refractivity contribution in [3.8, 4) is 12.1 Å². The molecular weight excluding hydrogens is 356 g/mol. The molecule has 0 amide bonds. The van der Waals surface area contributed by atoms with Gasteiger partial charge in [-0.15, -0.1) is 0 Å². The Bertz CT molecular complexity index is 868. The van der Waals surface area contributed by atoms with Crippen LogP contribution in [0.3, 0.4) is 0 Å². The highest BCUT2D eigenvalue weighted by molar-refractivity contribution is 9.10. The molecule has 6 nitrogen and oxygen atoms in total. The summed E-state index contributed by atoms with van der Waals surface area (Å²) >= 11 is 3.08. The van der Waals surface area contributed by atoms with Gasteiger partial charge in [-0.3, -0.25) is 4.72 Å². The Morgan fingerprint density at radius 3 is 2.38 bits per heavy atom. The van der Waals surface area contributed by atoms with E-state index in [1.165, 1.54) is 18.2 Å². The van der Waals surface area contributed by atoms with Crippen molar-refractivity contribution >= 4 is 31.6 Å². The van der Waals surface area contributed by atoms with Gasteiger partial charge < -0.3 is 0 Å². The molecule has 0 bridgehead atoms. The summed E-state index contributed by atoms with van der Waals surface area (Å²) in [6.45, 7) is 0. The van der Waals surface area contributed by atoms with E-state index in [9.17, 15) is 8.42 Å². The van der Waals surface area contributed by atoms with Crippen LogP contribution in [0.5, 0.6) is 0 Å². The lowest BCUT2D eigenvalue weighted by molar-refractivity contribution is 0.601. The van der Waals surface area contributed by atoms with Gasteiger partial charge in [-0.05, 0) is 34.1 Å². The van der Waals surface area contributed by atoms with Crippen LogP contribution in [0, 0.1) is 22.7 Å². The van der Waals surface area contributed by atoms with Crippen molar-refractivity contribution in [1.82, 2.24) is 4.98 Å². The van der Waals surface area contributed by atoms with E-state index < -0.39 is 10.0 Å². The van der Waals surface area contributed by atoms with Crippen LogP contribution >= 0.6 is 15.9 Å². The maximum absolute atomic E-state index is 12.2. The SMILES string of the molecule is N#Cc1cc(NS(=O)(=O)c2ccccc2)c(Br)nc1C#N. The second-order valence-electron chi connectivity index (χ2n) is 3.87. The highest BCUT2D eigenvalue weighted by atomic mass is 79.9. The summed E-state index contributed by atoms with van der Waals surface area (Å²) in [5.74, 6) is 0. The van der Waals surface area contributed by atoms with E-state index in [0.29, 0.717) is 0 Å². The number of pyridine rings is 1. The van der Waals surface area contributed by atoms with Crippen molar-refractivity contribution < 1.29 is 8.42 Å². The van der Waals surface area contributed by atoms with Crippen LogP contribution in [0.15, 0.2) is 45.9 Å². The number of sulfonamides is 1. The number of aromatic nitrogens is 1. The third-order valence-electron chi connectivity index (χ3n) is 2.50. The molecule has 8 heteroatoms. The second kappa shape index (κ2) is 5.92. The number of nitrogens with zero attached hydrogens (tertiary/aromatic N) is 3. The summed E-state index contributed by atoms with van der Waals surface area (Å²) in [5.41, 5.74) is 0.00731. The van der Waals surface area contributed by atoms with E-state index in [1.807, 2.05) is 0 Å². The average molecular weight is 363 g/mol. The number of halogens is 1. The molecule has 1 aromatic carbocycles. The molecule has 0 unspecified atom stereocenters. The number of anilines is 1. The largest absolute Gasteiger partial charge is 0.277 e. The number of nitriles is 2. The van der Waals surface area contributed by atoms with Crippen molar-refractivity contribution in [3.05, 3.63) is 52.3 Å². The monoisotopic (exact) mass is 362 g/mol. The molecule has 0 aliphatic carbocycles. The van der Waals surface area contributed by atoms with Crippen molar-refractivity contribution in [2.75, 3.05) is 4.72 Å². The standard InChI is InChI=1S/C13H7BrN4O2S/c14-13-11(6-9(7-15)12(8-16)17-13)18-21(19,20)10-4-2-1-3-5-10/h1-6,18H. The Morgan fingerprint density at radius 1 is 1.14 bits per heavy atom. The maximum Gasteiger partial charge on any atom is 0.261 e. The molecule has 0 saturated carbocycles. The van der Waals surface area contributed by atoms with Crippen LogP contribution in [-0.2, 0) is 10.0 Å². The van der Waals surface area contributed by atoms with Crippen LogP contribution in [0.2, 0.25) is 0 Å². The number of benzene rings is 1. The summed E-state index contributed by atoms with van der Waals surface area (Å²) in [5, 5.41) is 17.8. The van der Waals surface area contributed by atoms with Gasteiger partial charge in [-0.2, -0.15) is 10.5 Å². The van der Waals surface area contributed by atoms with Crippen molar-refractivity contribution in [1.29, 1.82) is 10.5 Å². The van der Waals surface area contributed by atoms with E-state index in [-0.39, 0.29) is 26.4 Å². The topological polar surface area (TPSA) is 107 Å². The summed E-state index contributed by atoms with van der Waals surface area (Å²) in [6, 6.07) is 12.6. The first-order valence-corrected chi connectivity index (χ1v) is 7.84. The van der Waals surface area contributed by atoms with E-state index in [4.69, 9.17) is 10.5 Å². The van der Waals surface area contributed by atoms with Crippen molar-refractivity contribution in [2.45, 2.75) is 4.90 Å². The minimum atomic E-state index is -3.79. The van der Waals surface area contributed by atoms with Gasteiger partial charge in [0.25, 0.3) is 10.0 Å². The molecule has 0 aliphatic heterocycles.